The third-order valence-corrected chi connectivity index (χ3v) is 5.32. The smallest absolute Gasteiger partial charge is 0.0557 e. The summed E-state index contributed by atoms with van der Waals surface area (Å²) in [5.41, 5.74) is 0. The summed E-state index contributed by atoms with van der Waals surface area (Å²) in [6, 6.07) is 4.04. The fourth-order valence-corrected chi connectivity index (χ4v) is 3.16. The van der Waals surface area contributed by atoms with Crippen molar-refractivity contribution >= 4 is 68.2 Å². The molecule has 0 nitrogen and oxygen atoms in total. The van der Waals surface area contributed by atoms with E-state index in [1.807, 2.05) is 6.07 Å². The van der Waals surface area contributed by atoms with E-state index in [-0.39, 0.29) is 0 Å². The van der Waals surface area contributed by atoms with Gasteiger partial charge >= 0.3 is 0 Å². The largest absolute Gasteiger partial charge is 0.143 e. The van der Waals surface area contributed by atoms with Gasteiger partial charge in [-0.05, 0) is 45.5 Å². The molecule has 4 heteroatoms. The molecule has 2 aromatic rings. The molecule has 0 amide bonds. The minimum absolute atomic E-state index is 0.784. The van der Waals surface area contributed by atoms with E-state index < -0.39 is 0 Å². The van der Waals surface area contributed by atoms with E-state index in [4.69, 9.17) is 11.6 Å². The number of hydrogen-bond donors (Lipinski definition) is 1. The van der Waals surface area contributed by atoms with E-state index in [1.165, 1.54) is 10.1 Å². The normalized spacial score (nSPS) is 10.9. The van der Waals surface area contributed by atoms with Gasteiger partial charge < -0.3 is 0 Å². The highest BCUT2D eigenvalue weighted by atomic mass is 127. The molecule has 0 aliphatic carbocycles. The maximum absolute atomic E-state index is 6.00. The van der Waals surface area contributed by atoms with Crippen LogP contribution in [0.1, 0.15) is 0 Å². The van der Waals surface area contributed by atoms with E-state index in [1.54, 1.807) is 11.3 Å². The van der Waals surface area contributed by atoms with Crippen LogP contribution in [0, 0.1) is 3.57 Å². The molecule has 0 spiro atoms. The molecule has 12 heavy (non-hydrogen) atoms. The maximum Gasteiger partial charge on any atom is 0.0557 e. The highest BCUT2D eigenvalue weighted by Crippen LogP contribution is 2.35. The number of fused-ring (bicyclic) bond motifs is 1. The summed E-state index contributed by atoms with van der Waals surface area (Å²) in [7, 11) is 0. The summed E-state index contributed by atoms with van der Waals surface area (Å²) in [6.07, 6.45) is 0. The quantitative estimate of drug-likeness (QED) is 0.537. The van der Waals surface area contributed by atoms with Crippen LogP contribution in [0.4, 0.5) is 0 Å². The van der Waals surface area contributed by atoms with Crippen LogP contribution < -0.4 is 0 Å². The van der Waals surface area contributed by atoms with Crippen LogP contribution in [-0.4, -0.2) is 0 Å². The first-order chi connectivity index (χ1) is 5.70. The fraction of sp³-hybridized carbons (Fsp3) is 0. The molecule has 0 atom stereocenters. The number of thiol groups is 1. The Morgan fingerprint density at radius 1 is 1.50 bits per heavy atom. The monoisotopic (exact) mass is 326 g/mol. The van der Waals surface area contributed by atoms with Gasteiger partial charge in [-0.2, -0.15) is 0 Å². The van der Waals surface area contributed by atoms with E-state index >= 15 is 0 Å². The second kappa shape index (κ2) is 3.36. The molecular weight excluding hydrogens is 323 g/mol. The van der Waals surface area contributed by atoms with E-state index in [9.17, 15) is 0 Å². The Kier molecular flexibility index (Phi) is 2.56. The number of hydrogen-bond acceptors (Lipinski definition) is 2. The van der Waals surface area contributed by atoms with Crippen molar-refractivity contribution in [1.82, 2.24) is 0 Å². The first kappa shape index (κ1) is 9.12. The van der Waals surface area contributed by atoms with Gasteiger partial charge in [0, 0.05) is 13.2 Å². The lowest BCUT2D eigenvalue weighted by Crippen LogP contribution is -1.77. The molecule has 0 aliphatic heterocycles. The number of thiophene rings is 1. The van der Waals surface area contributed by atoms with Crippen molar-refractivity contribution < 1.29 is 0 Å². The lowest BCUT2D eigenvalue weighted by atomic mass is 10.3. The molecule has 2 rings (SSSR count). The Morgan fingerprint density at radius 3 is 3.00 bits per heavy atom. The zero-order valence-electron chi connectivity index (χ0n) is 5.84. The van der Waals surface area contributed by atoms with Gasteiger partial charge in [0.25, 0.3) is 0 Å². The van der Waals surface area contributed by atoms with Crippen LogP contribution in [0.2, 0.25) is 5.02 Å². The third kappa shape index (κ3) is 1.36. The third-order valence-electron chi connectivity index (χ3n) is 1.61. The van der Waals surface area contributed by atoms with Gasteiger partial charge in [-0.1, -0.05) is 11.6 Å². The first-order valence-electron chi connectivity index (χ1n) is 3.24. The standard InChI is InChI=1S/C8H4ClIS2/c9-5-3-4-1-2-12-8(4)7(11)6(5)10/h1-3,11H. The molecule has 0 N–H and O–H groups in total. The Labute approximate surface area is 98.5 Å². The highest BCUT2D eigenvalue weighted by molar-refractivity contribution is 14.1. The predicted molar refractivity (Wildman–Crippen MR) is 66.8 cm³/mol. The predicted octanol–water partition coefficient (Wildman–Crippen LogP) is 4.45. The summed E-state index contributed by atoms with van der Waals surface area (Å²) in [6.45, 7) is 0. The molecule has 1 aromatic carbocycles. The molecule has 62 valence electrons. The molecule has 1 aromatic heterocycles. The molecule has 0 bridgehead atoms. The average molecular weight is 327 g/mol. The first-order valence-corrected chi connectivity index (χ1v) is 6.02. The molecule has 0 unspecified atom stereocenters. The van der Waals surface area contributed by atoms with Crippen LogP contribution in [0.3, 0.4) is 0 Å². The zero-order chi connectivity index (χ0) is 8.72. The Balaban J connectivity index is 2.94. The fourth-order valence-electron chi connectivity index (χ4n) is 1.04. The van der Waals surface area contributed by atoms with Crippen LogP contribution in [0.15, 0.2) is 22.4 Å². The number of halogens is 2. The summed E-state index contributed by atoms with van der Waals surface area (Å²) in [5.74, 6) is 0. The minimum atomic E-state index is 0.784. The van der Waals surface area contributed by atoms with Gasteiger partial charge in [-0.25, -0.2) is 0 Å². The summed E-state index contributed by atoms with van der Waals surface area (Å²) in [5, 5.41) is 4.01. The van der Waals surface area contributed by atoms with Crippen molar-refractivity contribution in [3.63, 3.8) is 0 Å². The average Bonchev–Trinajstić information content (AvgIpc) is 2.48. The zero-order valence-corrected chi connectivity index (χ0v) is 10.5. The Bertz CT molecular complexity index is 436. The van der Waals surface area contributed by atoms with Crippen LogP contribution >= 0.6 is 58.2 Å². The SMILES string of the molecule is Sc1c(I)c(Cl)cc2ccsc12. The number of rotatable bonds is 0. The summed E-state index contributed by atoms with van der Waals surface area (Å²) >= 11 is 14.3. The van der Waals surface area contributed by atoms with Crippen molar-refractivity contribution in [2.45, 2.75) is 4.90 Å². The van der Waals surface area contributed by atoms with Crippen LogP contribution in [-0.2, 0) is 0 Å². The Morgan fingerprint density at radius 2 is 2.25 bits per heavy atom. The van der Waals surface area contributed by atoms with Crippen molar-refractivity contribution in [1.29, 1.82) is 0 Å². The second-order valence-electron chi connectivity index (χ2n) is 2.36. The van der Waals surface area contributed by atoms with Crippen molar-refractivity contribution in [3.8, 4) is 0 Å². The topological polar surface area (TPSA) is 0 Å². The van der Waals surface area contributed by atoms with Crippen LogP contribution in [0.5, 0.6) is 0 Å². The summed E-state index contributed by atoms with van der Waals surface area (Å²) in [4.78, 5) is 0.994. The van der Waals surface area contributed by atoms with Crippen LogP contribution in [0.25, 0.3) is 10.1 Å². The number of benzene rings is 1. The van der Waals surface area contributed by atoms with Gasteiger partial charge in [0.15, 0.2) is 0 Å². The van der Waals surface area contributed by atoms with Crippen molar-refractivity contribution in [2.24, 2.45) is 0 Å². The van der Waals surface area contributed by atoms with E-state index in [0.717, 1.165) is 13.5 Å². The molecule has 0 saturated carbocycles. The lowest BCUT2D eigenvalue weighted by molar-refractivity contribution is 1.52. The lowest BCUT2D eigenvalue weighted by Gasteiger charge is -2.00. The summed E-state index contributed by atoms with van der Waals surface area (Å²) < 4.78 is 2.25. The molecule has 0 fully saturated rings. The van der Waals surface area contributed by atoms with Crippen molar-refractivity contribution in [3.05, 3.63) is 26.1 Å². The minimum Gasteiger partial charge on any atom is -0.143 e. The van der Waals surface area contributed by atoms with Gasteiger partial charge in [0.1, 0.15) is 0 Å². The highest BCUT2D eigenvalue weighted by Gasteiger charge is 2.07. The van der Waals surface area contributed by atoms with Gasteiger partial charge in [-0.15, -0.1) is 24.0 Å². The second-order valence-corrected chi connectivity index (χ2v) is 5.21. The van der Waals surface area contributed by atoms with Gasteiger partial charge in [-0.3, -0.25) is 0 Å². The molecule has 0 radical (unpaired) electrons. The maximum atomic E-state index is 6.00. The molecular formula is C8H4ClIS2. The van der Waals surface area contributed by atoms with E-state index in [2.05, 4.69) is 46.7 Å². The molecule has 1 heterocycles. The molecule has 0 saturated heterocycles. The van der Waals surface area contributed by atoms with Gasteiger partial charge in [0.05, 0.1) is 5.02 Å². The van der Waals surface area contributed by atoms with Crippen molar-refractivity contribution in [2.75, 3.05) is 0 Å². The van der Waals surface area contributed by atoms with E-state index in [0.29, 0.717) is 0 Å². The van der Waals surface area contributed by atoms with Gasteiger partial charge in [0.2, 0.25) is 0 Å². The Hall–Kier alpha value is 0.550. The molecule has 0 aliphatic rings.